The molecule has 0 aliphatic carbocycles. The Morgan fingerprint density at radius 2 is 2.55 bits per heavy atom. The fourth-order valence-corrected chi connectivity index (χ4v) is 1.93. The molecule has 0 spiro atoms. The van der Waals surface area contributed by atoms with Gasteiger partial charge in [0.1, 0.15) is 0 Å². The highest BCUT2D eigenvalue weighted by atomic mass is 79.9. The number of hydrogen-bond acceptors (Lipinski definition) is 3. The van der Waals surface area contributed by atoms with Gasteiger partial charge in [-0.15, -0.1) is 11.3 Å². The molecule has 1 aromatic rings. The van der Waals surface area contributed by atoms with Crippen molar-refractivity contribution in [3.8, 4) is 6.07 Å². The number of aliphatic hydroxyl groups excluding tert-OH is 1. The Balaban J connectivity index is 2.70. The second-order valence-corrected chi connectivity index (χ2v) is 4.35. The molecule has 0 saturated heterocycles. The normalized spacial score (nSPS) is 12.5. The van der Waals surface area contributed by atoms with Crippen LogP contribution in [0.25, 0.3) is 0 Å². The first-order valence-electron chi connectivity index (χ1n) is 3.03. The monoisotopic (exact) mass is 231 g/mol. The number of thiophene rings is 1. The first kappa shape index (κ1) is 8.72. The van der Waals surface area contributed by atoms with Gasteiger partial charge in [0, 0.05) is 0 Å². The predicted molar refractivity (Wildman–Crippen MR) is 47.2 cm³/mol. The van der Waals surface area contributed by atoms with E-state index in [1.54, 1.807) is 0 Å². The average Bonchev–Trinajstić information content (AvgIpc) is 2.36. The molecule has 1 rings (SSSR count). The minimum atomic E-state index is -0.637. The molecular formula is C7H6BrNOS. The predicted octanol–water partition coefficient (Wildman–Crippen LogP) is 2.46. The molecule has 1 N–H and O–H groups in total. The van der Waals surface area contributed by atoms with Crippen LogP contribution in [0, 0.1) is 11.3 Å². The molecule has 1 unspecified atom stereocenters. The Kier molecular flexibility index (Phi) is 3.06. The molecular weight excluding hydrogens is 226 g/mol. The van der Waals surface area contributed by atoms with Crippen LogP contribution in [0.4, 0.5) is 0 Å². The summed E-state index contributed by atoms with van der Waals surface area (Å²) in [6.07, 6.45) is -0.481. The summed E-state index contributed by atoms with van der Waals surface area (Å²) in [4.78, 5) is 0. The third-order valence-electron chi connectivity index (χ3n) is 1.26. The summed E-state index contributed by atoms with van der Waals surface area (Å²) < 4.78 is 0.976. The SMILES string of the molecule is N#CCC(O)c1csc(Br)c1. The van der Waals surface area contributed by atoms with Crippen LogP contribution in [0.15, 0.2) is 15.2 Å². The molecule has 2 nitrogen and oxygen atoms in total. The molecule has 0 fully saturated rings. The molecule has 1 aromatic heterocycles. The van der Waals surface area contributed by atoms with Crippen molar-refractivity contribution >= 4 is 27.3 Å². The van der Waals surface area contributed by atoms with Gasteiger partial charge < -0.3 is 5.11 Å². The Morgan fingerprint density at radius 3 is 3.00 bits per heavy atom. The van der Waals surface area contributed by atoms with Crippen molar-refractivity contribution in [1.82, 2.24) is 0 Å². The summed E-state index contributed by atoms with van der Waals surface area (Å²) >= 11 is 4.78. The number of aliphatic hydroxyl groups is 1. The van der Waals surface area contributed by atoms with E-state index < -0.39 is 6.10 Å². The van der Waals surface area contributed by atoms with Crippen molar-refractivity contribution in [2.45, 2.75) is 12.5 Å². The smallest absolute Gasteiger partial charge is 0.0928 e. The molecule has 0 aromatic carbocycles. The second-order valence-electron chi connectivity index (χ2n) is 2.06. The highest BCUT2D eigenvalue weighted by Gasteiger charge is 2.07. The van der Waals surface area contributed by atoms with Crippen molar-refractivity contribution in [3.63, 3.8) is 0 Å². The number of rotatable bonds is 2. The fraction of sp³-hybridized carbons (Fsp3) is 0.286. The summed E-state index contributed by atoms with van der Waals surface area (Å²) in [6.45, 7) is 0. The van der Waals surface area contributed by atoms with Crippen molar-refractivity contribution in [2.24, 2.45) is 0 Å². The number of nitrogens with zero attached hydrogens (tertiary/aromatic N) is 1. The maximum atomic E-state index is 9.30. The Bertz CT molecular complexity index is 278. The lowest BCUT2D eigenvalue weighted by molar-refractivity contribution is 0.184. The van der Waals surface area contributed by atoms with Gasteiger partial charge in [0.05, 0.1) is 22.4 Å². The van der Waals surface area contributed by atoms with Gasteiger partial charge in [0.15, 0.2) is 0 Å². The maximum absolute atomic E-state index is 9.30. The van der Waals surface area contributed by atoms with Crippen molar-refractivity contribution in [2.75, 3.05) is 0 Å². The minimum Gasteiger partial charge on any atom is -0.387 e. The van der Waals surface area contributed by atoms with Crippen molar-refractivity contribution in [1.29, 1.82) is 5.26 Å². The lowest BCUT2D eigenvalue weighted by Gasteiger charge is -2.00. The summed E-state index contributed by atoms with van der Waals surface area (Å²) in [6, 6.07) is 3.74. The van der Waals surface area contributed by atoms with Gasteiger partial charge in [-0.2, -0.15) is 5.26 Å². The maximum Gasteiger partial charge on any atom is 0.0928 e. The van der Waals surface area contributed by atoms with E-state index in [1.165, 1.54) is 11.3 Å². The van der Waals surface area contributed by atoms with E-state index in [0.717, 1.165) is 9.35 Å². The molecule has 1 atom stereocenters. The molecule has 0 radical (unpaired) electrons. The van der Waals surface area contributed by atoms with Gasteiger partial charge >= 0.3 is 0 Å². The van der Waals surface area contributed by atoms with Crippen molar-refractivity contribution < 1.29 is 5.11 Å². The molecule has 58 valence electrons. The van der Waals surface area contributed by atoms with E-state index in [2.05, 4.69) is 15.9 Å². The second kappa shape index (κ2) is 3.86. The highest BCUT2D eigenvalue weighted by Crippen LogP contribution is 2.26. The van der Waals surface area contributed by atoms with Gasteiger partial charge in [-0.1, -0.05) is 0 Å². The standard InChI is InChI=1S/C7H6BrNOS/c8-7-3-5(4-11-7)6(10)1-2-9/h3-4,6,10H,1H2. The van der Waals surface area contributed by atoms with Crippen LogP contribution in [0.3, 0.4) is 0 Å². The average molecular weight is 232 g/mol. The van der Waals surface area contributed by atoms with Gasteiger partial charge in [0.2, 0.25) is 0 Å². The first-order valence-corrected chi connectivity index (χ1v) is 4.70. The van der Waals surface area contributed by atoms with Gasteiger partial charge in [-0.25, -0.2) is 0 Å². The zero-order valence-electron chi connectivity index (χ0n) is 5.62. The zero-order chi connectivity index (χ0) is 8.27. The van der Waals surface area contributed by atoms with Crippen LogP contribution >= 0.6 is 27.3 Å². The first-order chi connectivity index (χ1) is 5.24. The van der Waals surface area contributed by atoms with E-state index in [4.69, 9.17) is 5.26 Å². The molecule has 11 heavy (non-hydrogen) atoms. The Labute approximate surface area is 77.2 Å². The fourth-order valence-electron chi connectivity index (χ4n) is 0.702. The van der Waals surface area contributed by atoms with Crippen LogP contribution in [-0.2, 0) is 0 Å². The zero-order valence-corrected chi connectivity index (χ0v) is 8.02. The van der Waals surface area contributed by atoms with Crippen LogP contribution in [-0.4, -0.2) is 5.11 Å². The van der Waals surface area contributed by atoms with E-state index >= 15 is 0 Å². The number of hydrogen-bond donors (Lipinski definition) is 1. The Morgan fingerprint density at radius 1 is 1.82 bits per heavy atom. The van der Waals surface area contributed by atoms with E-state index in [9.17, 15) is 5.11 Å². The van der Waals surface area contributed by atoms with E-state index in [0.29, 0.717) is 0 Å². The lowest BCUT2D eigenvalue weighted by atomic mass is 10.1. The van der Waals surface area contributed by atoms with Gasteiger partial charge in [0.25, 0.3) is 0 Å². The molecule has 1 heterocycles. The molecule has 0 amide bonds. The van der Waals surface area contributed by atoms with Gasteiger partial charge in [-0.05, 0) is 32.9 Å². The molecule has 4 heteroatoms. The summed E-state index contributed by atoms with van der Waals surface area (Å²) in [5.74, 6) is 0. The van der Waals surface area contributed by atoms with Crippen LogP contribution < -0.4 is 0 Å². The molecule has 0 aliphatic heterocycles. The quantitative estimate of drug-likeness (QED) is 0.851. The van der Waals surface area contributed by atoms with E-state index in [-0.39, 0.29) is 6.42 Å². The summed E-state index contributed by atoms with van der Waals surface area (Å²) in [5.41, 5.74) is 0.809. The van der Waals surface area contributed by atoms with E-state index in [1.807, 2.05) is 17.5 Å². The topological polar surface area (TPSA) is 44.0 Å². The van der Waals surface area contributed by atoms with Gasteiger partial charge in [-0.3, -0.25) is 0 Å². The third kappa shape index (κ3) is 2.29. The lowest BCUT2D eigenvalue weighted by Crippen LogP contribution is -1.92. The van der Waals surface area contributed by atoms with Crippen LogP contribution in [0.5, 0.6) is 0 Å². The van der Waals surface area contributed by atoms with Crippen LogP contribution in [0.1, 0.15) is 18.1 Å². The highest BCUT2D eigenvalue weighted by molar-refractivity contribution is 9.11. The molecule has 0 saturated carbocycles. The number of nitriles is 1. The number of halogens is 1. The summed E-state index contributed by atoms with van der Waals surface area (Å²) in [7, 11) is 0. The summed E-state index contributed by atoms with van der Waals surface area (Å²) in [5, 5.41) is 19.4. The van der Waals surface area contributed by atoms with Crippen molar-refractivity contribution in [3.05, 3.63) is 20.8 Å². The third-order valence-corrected chi connectivity index (χ3v) is 2.78. The van der Waals surface area contributed by atoms with Crippen LogP contribution in [0.2, 0.25) is 0 Å². The minimum absolute atomic E-state index is 0.156. The molecule has 0 aliphatic rings. The molecule has 0 bridgehead atoms. The Hall–Kier alpha value is -0.370. The largest absolute Gasteiger partial charge is 0.387 e.